The predicted molar refractivity (Wildman–Crippen MR) is 111 cm³/mol. The van der Waals surface area contributed by atoms with E-state index in [9.17, 15) is 14.7 Å². The minimum atomic E-state index is -1.08. The second kappa shape index (κ2) is 8.02. The number of furan rings is 1. The van der Waals surface area contributed by atoms with E-state index in [4.69, 9.17) is 4.42 Å². The second-order valence-corrected chi connectivity index (χ2v) is 6.80. The van der Waals surface area contributed by atoms with Crippen molar-refractivity contribution in [3.8, 4) is 0 Å². The van der Waals surface area contributed by atoms with Crippen molar-refractivity contribution < 1.29 is 19.1 Å². The third-order valence-electron chi connectivity index (χ3n) is 4.82. The summed E-state index contributed by atoms with van der Waals surface area (Å²) >= 11 is 0. The van der Waals surface area contributed by atoms with Crippen molar-refractivity contribution in [2.75, 3.05) is 5.32 Å². The first kappa shape index (κ1) is 18.5. The van der Waals surface area contributed by atoms with Gasteiger partial charge in [-0.1, -0.05) is 36.4 Å². The Bertz CT molecular complexity index is 1180. The number of aryl methyl sites for hydroxylation is 2. The Kier molecular flexibility index (Phi) is 5.12. The quantitative estimate of drug-likeness (QED) is 0.480. The molecule has 0 saturated heterocycles. The normalized spacial score (nSPS) is 10.8. The summed E-state index contributed by atoms with van der Waals surface area (Å²) in [5.74, 6) is -1.45. The lowest BCUT2D eigenvalue weighted by atomic mass is 10.0. The van der Waals surface area contributed by atoms with E-state index in [1.165, 1.54) is 11.6 Å². The smallest absolute Gasteiger partial charge is 0.337 e. The number of amides is 1. The number of nitrogens with one attached hydrogen (secondary N) is 1. The molecule has 4 aromatic rings. The minimum absolute atomic E-state index is 0.0613. The third kappa shape index (κ3) is 4.19. The van der Waals surface area contributed by atoms with Crippen LogP contribution in [0.25, 0.3) is 11.0 Å². The van der Waals surface area contributed by atoms with Crippen molar-refractivity contribution in [2.24, 2.45) is 0 Å². The van der Waals surface area contributed by atoms with Crippen molar-refractivity contribution in [2.45, 2.75) is 12.8 Å². The SMILES string of the molecule is O=C(Nc1cc(CCc2ccccc2)ccc1C(=O)O)c1ccc2occc2c1. The fraction of sp³-hybridized carbons (Fsp3) is 0.0833. The lowest BCUT2D eigenvalue weighted by molar-refractivity contribution is 0.0698. The molecular formula is C24H19NO4. The average molecular weight is 385 g/mol. The Morgan fingerprint density at radius 1 is 0.862 bits per heavy atom. The van der Waals surface area contributed by atoms with Crippen LogP contribution in [0.15, 0.2) is 83.5 Å². The van der Waals surface area contributed by atoms with Gasteiger partial charge in [-0.2, -0.15) is 0 Å². The molecule has 0 spiro atoms. The van der Waals surface area contributed by atoms with Crippen LogP contribution in [0.3, 0.4) is 0 Å². The maximum atomic E-state index is 12.7. The number of rotatable bonds is 6. The van der Waals surface area contributed by atoms with E-state index in [-0.39, 0.29) is 11.5 Å². The number of aromatic carboxylic acids is 1. The molecule has 1 aromatic heterocycles. The number of carbonyl (C=O) groups excluding carboxylic acids is 1. The van der Waals surface area contributed by atoms with Gasteiger partial charge in [0, 0.05) is 10.9 Å². The van der Waals surface area contributed by atoms with Crippen molar-refractivity contribution in [1.82, 2.24) is 0 Å². The average Bonchev–Trinajstić information content (AvgIpc) is 3.21. The number of carboxylic acids is 1. The van der Waals surface area contributed by atoms with Crippen LogP contribution < -0.4 is 5.32 Å². The van der Waals surface area contributed by atoms with E-state index in [0.717, 1.165) is 23.8 Å². The van der Waals surface area contributed by atoms with Crippen LogP contribution in [0.2, 0.25) is 0 Å². The van der Waals surface area contributed by atoms with Crippen LogP contribution in [-0.2, 0) is 12.8 Å². The summed E-state index contributed by atoms with van der Waals surface area (Å²) in [6.45, 7) is 0. The number of carbonyl (C=O) groups is 2. The highest BCUT2D eigenvalue weighted by Crippen LogP contribution is 2.22. The van der Waals surface area contributed by atoms with Crippen molar-refractivity contribution in [1.29, 1.82) is 0 Å². The summed E-state index contributed by atoms with van der Waals surface area (Å²) in [5.41, 5.74) is 3.64. The fourth-order valence-electron chi connectivity index (χ4n) is 3.27. The molecule has 1 amide bonds. The molecule has 0 saturated carbocycles. The van der Waals surface area contributed by atoms with Crippen LogP contribution in [0.4, 0.5) is 5.69 Å². The molecule has 0 atom stereocenters. The van der Waals surface area contributed by atoms with E-state index in [2.05, 4.69) is 17.4 Å². The third-order valence-corrected chi connectivity index (χ3v) is 4.82. The molecule has 0 radical (unpaired) electrons. The summed E-state index contributed by atoms with van der Waals surface area (Å²) in [5, 5.41) is 13.1. The van der Waals surface area contributed by atoms with Gasteiger partial charge < -0.3 is 14.8 Å². The molecule has 4 rings (SSSR count). The summed E-state index contributed by atoms with van der Waals surface area (Å²) in [7, 11) is 0. The van der Waals surface area contributed by atoms with E-state index in [1.807, 2.05) is 18.2 Å². The molecule has 0 unspecified atom stereocenters. The van der Waals surface area contributed by atoms with Gasteiger partial charge in [0.15, 0.2) is 0 Å². The minimum Gasteiger partial charge on any atom is -0.478 e. The Morgan fingerprint density at radius 3 is 2.45 bits per heavy atom. The van der Waals surface area contributed by atoms with Gasteiger partial charge in [-0.05, 0) is 60.4 Å². The zero-order valence-corrected chi connectivity index (χ0v) is 15.6. The molecule has 29 heavy (non-hydrogen) atoms. The molecule has 0 aliphatic carbocycles. The molecule has 5 heteroatoms. The summed E-state index contributed by atoms with van der Waals surface area (Å²) < 4.78 is 5.29. The van der Waals surface area contributed by atoms with Crippen LogP contribution in [0.1, 0.15) is 31.8 Å². The fourth-order valence-corrected chi connectivity index (χ4v) is 3.27. The Balaban J connectivity index is 1.56. The number of hydrogen-bond acceptors (Lipinski definition) is 3. The van der Waals surface area contributed by atoms with Gasteiger partial charge in [0.2, 0.25) is 0 Å². The lowest BCUT2D eigenvalue weighted by Crippen LogP contribution is -2.15. The topological polar surface area (TPSA) is 79.5 Å². The highest BCUT2D eigenvalue weighted by molar-refractivity contribution is 6.09. The molecule has 0 aliphatic heterocycles. The number of hydrogen-bond donors (Lipinski definition) is 2. The van der Waals surface area contributed by atoms with Crippen molar-refractivity contribution >= 4 is 28.5 Å². The molecule has 5 nitrogen and oxygen atoms in total. The maximum absolute atomic E-state index is 12.7. The molecule has 0 aliphatic rings. The zero-order valence-electron chi connectivity index (χ0n) is 15.6. The monoisotopic (exact) mass is 385 g/mol. The number of anilines is 1. The second-order valence-electron chi connectivity index (χ2n) is 6.80. The van der Waals surface area contributed by atoms with Crippen LogP contribution in [0, 0.1) is 0 Å². The summed E-state index contributed by atoms with van der Waals surface area (Å²) in [6.07, 6.45) is 3.14. The Hall–Kier alpha value is -3.86. The van der Waals surface area contributed by atoms with Gasteiger partial charge in [0.05, 0.1) is 17.5 Å². The highest BCUT2D eigenvalue weighted by Gasteiger charge is 2.15. The van der Waals surface area contributed by atoms with Crippen LogP contribution >= 0.6 is 0 Å². The standard InChI is InChI=1S/C24H19NO4/c26-23(19-9-11-22-18(15-19)12-13-29-22)25-21-14-17(8-10-20(21)24(27)28)7-6-16-4-2-1-3-5-16/h1-5,8-15H,6-7H2,(H,25,26)(H,27,28). The zero-order chi connectivity index (χ0) is 20.2. The first-order chi connectivity index (χ1) is 14.1. The van der Waals surface area contributed by atoms with Gasteiger partial charge >= 0.3 is 5.97 Å². The highest BCUT2D eigenvalue weighted by atomic mass is 16.4. The van der Waals surface area contributed by atoms with Crippen molar-refractivity contribution in [3.63, 3.8) is 0 Å². The molecule has 144 valence electrons. The number of carboxylic acid groups (broad SMARTS) is 1. The number of benzene rings is 3. The van der Waals surface area contributed by atoms with Gasteiger partial charge in [-0.15, -0.1) is 0 Å². The summed E-state index contributed by atoms with van der Waals surface area (Å²) in [6, 6.07) is 22.0. The first-order valence-electron chi connectivity index (χ1n) is 9.29. The van der Waals surface area contributed by atoms with E-state index in [1.54, 1.807) is 42.7 Å². The van der Waals surface area contributed by atoms with Crippen LogP contribution in [0.5, 0.6) is 0 Å². The Labute approximate surface area is 167 Å². The summed E-state index contributed by atoms with van der Waals surface area (Å²) in [4.78, 5) is 24.3. The van der Waals surface area contributed by atoms with Crippen LogP contribution in [-0.4, -0.2) is 17.0 Å². The van der Waals surface area contributed by atoms with Gasteiger partial charge in [0.1, 0.15) is 5.58 Å². The maximum Gasteiger partial charge on any atom is 0.337 e. The molecule has 0 bridgehead atoms. The largest absolute Gasteiger partial charge is 0.478 e. The van der Waals surface area contributed by atoms with E-state index < -0.39 is 5.97 Å². The number of fused-ring (bicyclic) bond motifs is 1. The van der Waals surface area contributed by atoms with Gasteiger partial charge in [0.25, 0.3) is 5.91 Å². The lowest BCUT2D eigenvalue weighted by Gasteiger charge is -2.11. The van der Waals surface area contributed by atoms with E-state index in [0.29, 0.717) is 16.8 Å². The van der Waals surface area contributed by atoms with Crippen molar-refractivity contribution in [3.05, 3.63) is 101 Å². The molecule has 3 aromatic carbocycles. The molecule has 1 heterocycles. The van der Waals surface area contributed by atoms with E-state index >= 15 is 0 Å². The van der Waals surface area contributed by atoms with Gasteiger partial charge in [-0.25, -0.2) is 4.79 Å². The first-order valence-corrected chi connectivity index (χ1v) is 9.29. The molecule has 0 fully saturated rings. The predicted octanol–water partition coefficient (Wildman–Crippen LogP) is 5.17. The molecule has 2 N–H and O–H groups in total. The molecular weight excluding hydrogens is 366 g/mol. The van der Waals surface area contributed by atoms with Gasteiger partial charge in [-0.3, -0.25) is 4.79 Å². The Morgan fingerprint density at radius 2 is 1.66 bits per heavy atom.